The number of piperidine rings is 1. The third kappa shape index (κ3) is 2.57. The lowest BCUT2D eigenvalue weighted by molar-refractivity contribution is 0.397. The predicted molar refractivity (Wildman–Crippen MR) is 76.3 cm³/mol. The average molecular weight is 262 g/mol. The smallest absolute Gasteiger partial charge is 0.231 e. The van der Waals surface area contributed by atoms with Crippen LogP contribution in [-0.4, -0.2) is 41.1 Å². The van der Waals surface area contributed by atoms with Crippen molar-refractivity contribution in [3.8, 4) is 0 Å². The summed E-state index contributed by atoms with van der Waals surface area (Å²) >= 11 is 0. The third-order valence-corrected chi connectivity index (χ3v) is 4.21. The minimum atomic E-state index is 0.330. The molecular weight excluding hydrogens is 240 g/mol. The van der Waals surface area contributed by atoms with Crippen LogP contribution in [0.5, 0.6) is 0 Å². The van der Waals surface area contributed by atoms with E-state index in [0.29, 0.717) is 12.0 Å². The van der Waals surface area contributed by atoms with E-state index in [9.17, 15) is 0 Å². The van der Waals surface area contributed by atoms with Crippen LogP contribution < -0.4 is 15.5 Å². The molecule has 104 valence electrons. The number of anilines is 3. The van der Waals surface area contributed by atoms with Gasteiger partial charge in [0, 0.05) is 26.2 Å². The number of hydrogen-bond donors (Lipinski definition) is 1. The molecule has 1 aliphatic carbocycles. The lowest BCUT2D eigenvalue weighted by atomic mass is 9.92. The van der Waals surface area contributed by atoms with Crippen LogP contribution in [0, 0.1) is 0 Å². The summed E-state index contributed by atoms with van der Waals surface area (Å²) in [5.41, 5.74) is 5.85. The second-order valence-corrected chi connectivity index (χ2v) is 5.54. The van der Waals surface area contributed by atoms with Gasteiger partial charge in [0.1, 0.15) is 0 Å². The van der Waals surface area contributed by atoms with Crippen molar-refractivity contribution in [3.05, 3.63) is 0 Å². The fraction of sp³-hybridized carbons (Fsp3) is 0.769. The molecule has 2 fully saturated rings. The van der Waals surface area contributed by atoms with Gasteiger partial charge in [-0.3, -0.25) is 0 Å². The molecule has 0 amide bonds. The Labute approximate surface area is 114 Å². The number of nitrogens with zero attached hydrogens (tertiary/aromatic N) is 5. The monoisotopic (exact) mass is 262 g/mol. The van der Waals surface area contributed by atoms with Crippen LogP contribution in [0.1, 0.15) is 38.5 Å². The summed E-state index contributed by atoms with van der Waals surface area (Å²) in [5, 5.41) is 0. The lowest BCUT2D eigenvalue weighted by Gasteiger charge is -2.35. The normalized spacial score (nSPS) is 20.2. The van der Waals surface area contributed by atoms with Crippen molar-refractivity contribution >= 4 is 17.8 Å². The van der Waals surface area contributed by atoms with Crippen molar-refractivity contribution in [1.29, 1.82) is 0 Å². The Morgan fingerprint density at radius 1 is 1.05 bits per heavy atom. The highest BCUT2D eigenvalue weighted by atomic mass is 15.4. The molecule has 0 radical (unpaired) electrons. The maximum atomic E-state index is 5.85. The molecule has 1 aromatic rings. The van der Waals surface area contributed by atoms with Crippen LogP contribution in [0.3, 0.4) is 0 Å². The Bertz CT molecular complexity index is 419. The van der Waals surface area contributed by atoms with Crippen LogP contribution in [0.4, 0.5) is 17.8 Å². The lowest BCUT2D eigenvalue weighted by Crippen LogP contribution is -2.39. The third-order valence-electron chi connectivity index (χ3n) is 4.21. The second-order valence-electron chi connectivity index (χ2n) is 5.54. The maximum Gasteiger partial charge on any atom is 0.231 e. The fourth-order valence-electron chi connectivity index (χ4n) is 2.70. The van der Waals surface area contributed by atoms with Gasteiger partial charge in [0.2, 0.25) is 17.8 Å². The Morgan fingerprint density at radius 2 is 1.79 bits per heavy atom. The summed E-state index contributed by atoms with van der Waals surface area (Å²) in [7, 11) is 2.05. The first-order valence-corrected chi connectivity index (χ1v) is 7.23. The summed E-state index contributed by atoms with van der Waals surface area (Å²) in [6.45, 7) is 2.05. The van der Waals surface area contributed by atoms with Crippen LogP contribution >= 0.6 is 0 Å². The predicted octanol–water partition coefficient (Wildman–Crippen LogP) is 1.43. The summed E-state index contributed by atoms with van der Waals surface area (Å²) in [4.78, 5) is 17.6. The van der Waals surface area contributed by atoms with Crippen LogP contribution in [0.25, 0.3) is 0 Å². The molecule has 2 heterocycles. The van der Waals surface area contributed by atoms with Gasteiger partial charge in [-0.15, -0.1) is 0 Å². The minimum absolute atomic E-state index is 0.330. The molecular formula is C13H22N6. The van der Waals surface area contributed by atoms with Gasteiger partial charge in [0.25, 0.3) is 0 Å². The highest BCUT2D eigenvalue weighted by Crippen LogP contribution is 2.27. The molecule has 0 unspecified atom stereocenters. The van der Waals surface area contributed by atoms with E-state index >= 15 is 0 Å². The highest BCUT2D eigenvalue weighted by Gasteiger charge is 2.25. The minimum Gasteiger partial charge on any atom is -0.368 e. The van der Waals surface area contributed by atoms with Gasteiger partial charge in [-0.1, -0.05) is 0 Å². The molecule has 0 bridgehead atoms. The van der Waals surface area contributed by atoms with Crippen molar-refractivity contribution in [3.63, 3.8) is 0 Å². The Balaban J connectivity index is 1.82. The molecule has 6 heteroatoms. The molecule has 2 N–H and O–H groups in total. The van der Waals surface area contributed by atoms with Gasteiger partial charge in [-0.05, 0) is 38.5 Å². The topological polar surface area (TPSA) is 71.2 Å². The zero-order valence-electron chi connectivity index (χ0n) is 11.5. The van der Waals surface area contributed by atoms with Gasteiger partial charge in [0.15, 0.2) is 0 Å². The zero-order chi connectivity index (χ0) is 13.2. The molecule has 1 aliphatic heterocycles. The molecule has 1 saturated carbocycles. The van der Waals surface area contributed by atoms with E-state index in [4.69, 9.17) is 5.73 Å². The molecule has 19 heavy (non-hydrogen) atoms. The van der Waals surface area contributed by atoms with Crippen molar-refractivity contribution < 1.29 is 0 Å². The average Bonchev–Trinajstić information content (AvgIpc) is 2.37. The van der Waals surface area contributed by atoms with Crippen LogP contribution in [-0.2, 0) is 0 Å². The van der Waals surface area contributed by atoms with E-state index in [1.54, 1.807) is 0 Å². The van der Waals surface area contributed by atoms with E-state index < -0.39 is 0 Å². The van der Waals surface area contributed by atoms with Crippen molar-refractivity contribution in [2.75, 3.05) is 35.7 Å². The summed E-state index contributed by atoms with van der Waals surface area (Å²) in [5.74, 6) is 1.79. The van der Waals surface area contributed by atoms with Crippen molar-refractivity contribution in [2.24, 2.45) is 0 Å². The second kappa shape index (κ2) is 5.19. The summed E-state index contributed by atoms with van der Waals surface area (Å²) in [6, 6.07) is 0.566. The van der Waals surface area contributed by atoms with Crippen molar-refractivity contribution in [1.82, 2.24) is 15.0 Å². The number of hydrogen-bond acceptors (Lipinski definition) is 6. The van der Waals surface area contributed by atoms with Gasteiger partial charge in [-0.2, -0.15) is 15.0 Å². The van der Waals surface area contributed by atoms with Crippen LogP contribution in [0.2, 0.25) is 0 Å². The van der Waals surface area contributed by atoms with Gasteiger partial charge in [0.05, 0.1) is 0 Å². The van der Waals surface area contributed by atoms with Gasteiger partial charge < -0.3 is 15.5 Å². The number of nitrogen functional groups attached to an aromatic ring is 1. The molecule has 3 rings (SSSR count). The first-order valence-electron chi connectivity index (χ1n) is 7.23. The largest absolute Gasteiger partial charge is 0.368 e. The molecule has 1 saturated heterocycles. The SMILES string of the molecule is CN(c1nc(N)nc(N2CCCCC2)n1)C1CCC1. The fourth-order valence-corrected chi connectivity index (χ4v) is 2.70. The first-order chi connectivity index (χ1) is 9.24. The molecule has 0 spiro atoms. The first kappa shape index (κ1) is 12.4. The van der Waals surface area contributed by atoms with E-state index in [1.165, 1.54) is 38.5 Å². The molecule has 6 nitrogen and oxygen atoms in total. The standard InChI is InChI=1S/C13H22N6/c1-18(10-6-5-7-10)12-15-11(14)16-13(17-12)19-8-3-2-4-9-19/h10H,2-9H2,1H3,(H2,14,15,16,17). The molecule has 1 aromatic heterocycles. The molecule has 2 aliphatic rings. The van der Waals surface area contributed by atoms with E-state index in [1.807, 2.05) is 0 Å². The van der Waals surface area contributed by atoms with Crippen molar-refractivity contribution in [2.45, 2.75) is 44.6 Å². The zero-order valence-corrected chi connectivity index (χ0v) is 11.5. The number of rotatable bonds is 3. The van der Waals surface area contributed by atoms with Crippen LogP contribution in [0.15, 0.2) is 0 Å². The Kier molecular flexibility index (Phi) is 3.40. The maximum absolute atomic E-state index is 5.85. The van der Waals surface area contributed by atoms with E-state index in [0.717, 1.165) is 25.0 Å². The molecule has 0 aromatic carbocycles. The Morgan fingerprint density at radius 3 is 2.42 bits per heavy atom. The molecule has 0 atom stereocenters. The number of aromatic nitrogens is 3. The highest BCUT2D eigenvalue weighted by molar-refractivity contribution is 5.44. The number of nitrogens with two attached hydrogens (primary N) is 1. The summed E-state index contributed by atoms with van der Waals surface area (Å²) < 4.78 is 0. The van der Waals surface area contributed by atoms with Gasteiger partial charge >= 0.3 is 0 Å². The van der Waals surface area contributed by atoms with Gasteiger partial charge in [-0.25, -0.2) is 0 Å². The van der Waals surface area contributed by atoms with E-state index in [2.05, 4.69) is 31.8 Å². The van der Waals surface area contributed by atoms with E-state index in [-0.39, 0.29) is 0 Å². The summed E-state index contributed by atoms with van der Waals surface area (Å²) in [6.07, 6.45) is 7.46. The quantitative estimate of drug-likeness (QED) is 0.888. The Hall–Kier alpha value is -1.59.